The van der Waals surface area contributed by atoms with Gasteiger partial charge in [0.2, 0.25) is 0 Å². The molecule has 1 heterocycles. The maximum atomic E-state index is 14.1. The van der Waals surface area contributed by atoms with E-state index in [1.165, 1.54) is 17.0 Å². The summed E-state index contributed by atoms with van der Waals surface area (Å²) in [6.07, 6.45) is 0.554. The van der Waals surface area contributed by atoms with E-state index in [0.29, 0.717) is 13.0 Å². The lowest BCUT2D eigenvalue weighted by molar-refractivity contribution is -0.384. The van der Waals surface area contributed by atoms with E-state index < -0.39 is 22.5 Å². The molecule has 0 N–H and O–H groups in total. The van der Waals surface area contributed by atoms with Crippen LogP contribution in [-0.4, -0.2) is 47.9 Å². The average Bonchev–Trinajstić information content (AvgIpc) is 3.08. The molecule has 7 nitrogen and oxygen atoms in total. The number of aromatic nitrogens is 1. The molecule has 166 valence electrons. The molecule has 31 heavy (non-hydrogen) atoms. The molecular weight excluding hydrogens is 473 g/mol. The molecule has 0 unspecified atom stereocenters. The van der Waals surface area contributed by atoms with Crippen molar-refractivity contribution in [3.63, 3.8) is 0 Å². The summed E-state index contributed by atoms with van der Waals surface area (Å²) in [5, 5.41) is 11.3. The number of fused-ring (bicyclic) bond motifs is 1. The molecule has 12 heteroatoms. The van der Waals surface area contributed by atoms with Crippen LogP contribution in [0.15, 0.2) is 30.3 Å². The van der Waals surface area contributed by atoms with Gasteiger partial charge in [0.15, 0.2) is 10.9 Å². The highest BCUT2D eigenvalue weighted by Gasteiger charge is 2.25. The van der Waals surface area contributed by atoms with Gasteiger partial charge in [0, 0.05) is 24.7 Å². The number of nitro benzene ring substituents is 1. The lowest BCUT2D eigenvalue weighted by Gasteiger charge is -2.21. The summed E-state index contributed by atoms with van der Waals surface area (Å²) < 4.78 is 27.9. The molecule has 0 bridgehead atoms. The molecule has 0 radical (unpaired) electrons. The monoisotopic (exact) mass is 490 g/mol. The molecule has 0 aliphatic carbocycles. The van der Waals surface area contributed by atoms with E-state index in [9.17, 15) is 23.7 Å². The molecule has 3 rings (SSSR count). The van der Waals surface area contributed by atoms with E-state index in [1.807, 2.05) is 19.0 Å². The Kier molecular flexibility index (Phi) is 8.24. The molecule has 1 aromatic heterocycles. The molecule has 2 aromatic carbocycles. The Hall–Kier alpha value is -2.40. The van der Waals surface area contributed by atoms with Gasteiger partial charge in [0.05, 0.1) is 20.2 Å². The predicted molar refractivity (Wildman–Crippen MR) is 120 cm³/mol. The number of anilines is 1. The van der Waals surface area contributed by atoms with Gasteiger partial charge in [0.25, 0.3) is 11.6 Å². The first-order valence-electron chi connectivity index (χ1n) is 8.83. The van der Waals surface area contributed by atoms with E-state index >= 15 is 0 Å². The number of amides is 1. The first-order valence-corrected chi connectivity index (χ1v) is 10.0. The maximum absolute atomic E-state index is 14.1. The highest BCUT2D eigenvalue weighted by Crippen LogP contribution is 2.33. The summed E-state index contributed by atoms with van der Waals surface area (Å²) in [4.78, 5) is 31.1. The van der Waals surface area contributed by atoms with Crippen LogP contribution in [0.2, 0.25) is 5.02 Å². The summed E-state index contributed by atoms with van der Waals surface area (Å²) in [7, 11) is 3.75. The van der Waals surface area contributed by atoms with Crippen molar-refractivity contribution < 1.29 is 18.5 Å². The summed E-state index contributed by atoms with van der Waals surface area (Å²) in [6.45, 7) is 0.861. The minimum Gasteiger partial charge on any atom is -0.309 e. The minimum atomic E-state index is -0.832. The molecule has 0 aliphatic rings. The van der Waals surface area contributed by atoms with Crippen LogP contribution in [0.25, 0.3) is 10.2 Å². The number of halogens is 4. The number of nitrogens with zero attached hydrogens (tertiary/aromatic N) is 4. The minimum absolute atomic E-state index is 0. The van der Waals surface area contributed by atoms with E-state index in [0.717, 1.165) is 29.5 Å². The predicted octanol–water partition coefficient (Wildman–Crippen LogP) is 5.16. The molecule has 0 spiro atoms. The third-order valence-electron chi connectivity index (χ3n) is 4.26. The fourth-order valence-electron chi connectivity index (χ4n) is 2.83. The van der Waals surface area contributed by atoms with Crippen LogP contribution in [0.4, 0.5) is 19.6 Å². The normalized spacial score (nSPS) is 10.9. The van der Waals surface area contributed by atoms with Crippen molar-refractivity contribution in [1.82, 2.24) is 9.88 Å². The Morgan fingerprint density at radius 2 is 1.94 bits per heavy atom. The fraction of sp³-hybridized carbons (Fsp3) is 0.263. The van der Waals surface area contributed by atoms with Crippen LogP contribution < -0.4 is 4.90 Å². The first kappa shape index (κ1) is 24.9. The molecule has 0 fully saturated rings. The van der Waals surface area contributed by atoms with Crippen molar-refractivity contribution in [2.45, 2.75) is 6.42 Å². The number of hydrogen-bond donors (Lipinski definition) is 0. The Morgan fingerprint density at radius 3 is 2.58 bits per heavy atom. The van der Waals surface area contributed by atoms with Gasteiger partial charge in [-0.05, 0) is 39.2 Å². The molecule has 3 aromatic rings. The summed E-state index contributed by atoms with van der Waals surface area (Å²) in [5.41, 5.74) is -0.401. The van der Waals surface area contributed by atoms with Crippen molar-refractivity contribution >= 4 is 62.3 Å². The zero-order valence-electron chi connectivity index (χ0n) is 16.5. The van der Waals surface area contributed by atoms with Crippen LogP contribution in [0.1, 0.15) is 16.8 Å². The average molecular weight is 491 g/mol. The lowest BCUT2D eigenvalue weighted by Crippen LogP contribution is -2.33. The van der Waals surface area contributed by atoms with E-state index in [1.54, 1.807) is 0 Å². The summed E-state index contributed by atoms with van der Waals surface area (Å²) in [6, 6.07) is 5.44. The van der Waals surface area contributed by atoms with Crippen LogP contribution >= 0.6 is 35.3 Å². The quantitative estimate of drug-likeness (QED) is 0.337. The van der Waals surface area contributed by atoms with E-state index in [-0.39, 0.29) is 50.6 Å². The van der Waals surface area contributed by atoms with Gasteiger partial charge in [0.1, 0.15) is 11.3 Å². The molecule has 0 aliphatic heterocycles. The number of benzene rings is 2. The Balaban J connectivity index is 0.00000341. The number of carbonyl (C=O) groups excluding carboxylic acids is 1. The third-order valence-corrected chi connectivity index (χ3v) is 5.61. The van der Waals surface area contributed by atoms with Crippen molar-refractivity contribution in [3.05, 3.63) is 62.7 Å². The second-order valence-electron chi connectivity index (χ2n) is 6.77. The second-order valence-corrected chi connectivity index (χ2v) is 8.18. The summed E-state index contributed by atoms with van der Waals surface area (Å²) >= 11 is 7.09. The smallest absolute Gasteiger partial charge is 0.270 e. The lowest BCUT2D eigenvalue weighted by atomic mass is 10.1. The number of thiazole rings is 1. The van der Waals surface area contributed by atoms with Crippen LogP contribution in [-0.2, 0) is 0 Å². The van der Waals surface area contributed by atoms with Crippen LogP contribution in [0, 0.1) is 21.7 Å². The molecular formula is C19H18Cl2F2N4O3S. The molecule has 0 atom stereocenters. The Bertz CT molecular complexity index is 1130. The van der Waals surface area contributed by atoms with Gasteiger partial charge in [-0.15, -0.1) is 12.4 Å². The zero-order chi connectivity index (χ0) is 22.0. The molecule has 1 amide bonds. The van der Waals surface area contributed by atoms with E-state index in [2.05, 4.69) is 4.98 Å². The highest BCUT2D eigenvalue weighted by molar-refractivity contribution is 7.22. The van der Waals surface area contributed by atoms with Gasteiger partial charge in [-0.3, -0.25) is 19.8 Å². The highest BCUT2D eigenvalue weighted by atomic mass is 35.5. The van der Waals surface area contributed by atoms with Crippen molar-refractivity contribution in [1.29, 1.82) is 0 Å². The van der Waals surface area contributed by atoms with Crippen molar-refractivity contribution in [2.75, 3.05) is 32.1 Å². The van der Waals surface area contributed by atoms with Gasteiger partial charge >= 0.3 is 0 Å². The van der Waals surface area contributed by atoms with Crippen molar-refractivity contribution in [2.24, 2.45) is 0 Å². The van der Waals surface area contributed by atoms with Crippen LogP contribution in [0.5, 0.6) is 0 Å². The van der Waals surface area contributed by atoms with Gasteiger partial charge < -0.3 is 4.90 Å². The maximum Gasteiger partial charge on any atom is 0.270 e. The van der Waals surface area contributed by atoms with E-state index in [4.69, 9.17) is 11.6 Å². The largest absolute Gasteiger partial charge is 0.309 e. The third kappa shape index (κ3) is 5.65. The number of carbonyl (C=O) groups is 1. The molecule has 0 saturated heterocycles. The number of nitro groups is 1. The second kappa shape index (κ2) is 10.3. The first-order chi connectivity index (χ1) is 14.2. The van der Waals surface area contributed by atoms with Gasteiger partial charge in [-0.2, -0.15) is 0 Å². The fourth-order valence-corrected chi connectivity index (χ4v) is 4.05. The number of rotatable bonds is 7. The standard InChI is InChI=1S/C19H17ClF2N4O3S.ClH/c1-24(2)6-3-7-25(18(27)13-10-12(26(28)29)4-5-14(13)20)19-23-17-15(22)8-11(21)9-16(17)30-19;/h4-5,8-10H,3,6-7H2,1-2H3;1H. The topological polar surface area (TPSA) is 79.6 Å². The van der Waals surface area contributed by atoms with Crippen LogP contribution in [0.3, 0.4) is 0 Å². The molecule has 0 saturated carbocycles. The Labute approximate surface area is 191 Å². The van der Waals surface area contributed by atoms with Gasteiger partial charge in [-0.1, -0.05) is 22.9 Å². The Morgan fingerprint density at radius 1 is 1.23 bits per heavy atom. The number of hydrogen-bond acceptors (Lipinski definition) is 6. The van der Waals surface area contributed by atoms with Gasteiger partial charge in [-0.25, -0.2) is 13.8 Å². The zero-order valence-corrected chi connectivity index (χ0v) is 18.9. The summed E-state index contributed by atoms with van der Waals surface area (Å²) in [5.74, 6) is -2.19. The SMILES string of the molecule is CN(C)CCCN(C(=O)c1cc([N+](=O)[O-])ccc1Cl)c1nc2c(F)cc(F)cc2s1.Cl. The number of non-ortho nitro benzene ring substituents is 1. The van der Waals surface area contributed by atoms with Crippen molar-refractivity contribution in [3.8, 4) is 0 Å².